The van der Waals surface area contributed by atoms with Gasteiger partial charge in [-0.25, -0.2) is 0 Å². The zero-order chi connectivity index (χ0) is 21.1. The Morgan fingerprint density at radius 2 is 1.80 bits per heavy atom. The van der Waals surface area contributed by atoms with Gasteiger partial charge in [-0.3, -0.25) is 0 Å². The summed E-state index contributed by atoms with van der Waals surface area (Å²) >= 11 is 0. The van der Waals surface area contributed by atoms with Gasteiger partial charge in [-0.15, -0.1) is 0 Å². The maximum Gasteiger partial charge on any atom is 0.0257 e. The van der Waals surface area contributed by atoms with E-state index in [2.05, 4.69) is 86.2 Å². The van der Waals surface area contributed by atoms with Crippen molar-refractivity contribution in [1.82, 2.24) is 9.80 Å². The Bertz CT molecular complexity index is 804. The van der Waals surface area contributed by atoms with Crippen molar-refractivity contribution in [1.29, 1.82) is 0 Å². The summed E-state index contributed by atoms with van der Waals surface area (Å²) in [5.74, 6) is 1.40. The summed E-state index contributed by atoms with van der Waals surface area (Å²) in [5.41, 5.74) is 6.36. The Kier molecular flexibility index (Phi) is 6.53. The predicted octanol–water partition coefficient (Wildman–Crippen LogP) is 6.35. The smallest absolute Gasteiger partial charge is 0.0257 e. The summed E-state index contributed by atoms with van der Waals surface area (Å²) in [6, 6.07) is 9.09. The lowest BCUT2D eigenvalue weighted by Gasteiger charge is -2.38. The summed E-state index contributed by atoms with van der Waals surface area (Å²) in [7, 11) is 0. The molecule has 0 amide bonds. The van der Waals surface area contributed by atoms with Gasteiger partial charge in [0.15, 0.2) is 0 Å². The molecule has 1 atom stereocenters. The zero-order valence-corrected chi connectivity index (χ0v) is 19.5. The third-order valence-corrected chi connectivity index (χ3v) is 7.53. The number of fused-ring (bicyclic) bond motifs is 1. The average Bonchev–Trinajstić information content (AvgIpc) is 3.08. The molecule has 1 unspecified atom stereocenters. The quantitative estimate of drug-likeness (QED) is 0.523. The summed E-state index contributed by atoms with van der Waals surface area (Å²) in [6.07, 6.45) is 15.6. The number of hydrogen-bond donors (Lipinski definition) is 0. The maximum absolute atomic E-state index is 2.70. The van der Waals surface area contributed by atoms with Crippen LogP contribution in [0.25, 0.3) is 0 Å². The van der Waals surface area contributed by atoms with Crippen LogP contribution in [0.2, 0.25) is 0 Å². The van der Waals surface area contributed by atoms with Gasteiger partial charge in [-0.2, -0.15) is 0 Å². The van der Waals surface area contributed by atoms with Crippen LogP contribution in [-0.2, 0) is 6.42 Å². The van der Waals surface area contributed by atoms with Crippen LogP contribution >= 0.6 is 0 Å². The Morgan fingerprint density at radius 1 is 1.07 bits per heavy atom. The highest BCUT2D eigenvalue weighted by atomic mass is 15.2. The SMILES string of the molecule is CCC(C)(C)CN1CCC(CN2C=C(Cc3ccc(C)cc3)C3CC=CC=C32)CC1. The van der Waals surface area contributed by atoms with Crippen molar-refractivity contribution in [2.75, 3.05) is 26.2 Å². The molecular weight excluding hydrogens is 364 g/mol. The van der Waals surface area contributed by atoms with E-state index in [1.807, 2.05) is 0 Å². The molecule has 1 aliphatic carbocycles. The number of aryl methyl sites for hydroxylation is 1. The summed E-state index contributed by atoms with van der Waals surface area (Å²) < 4.78 is 0. The molecular formula is C28H40N2. The van der Waals surface area contributed by atoms with E-state index in [9.17, 15) is 0 Å². The van der Waals surface area contributed by atoms with Crippen molar-refractivity contribution < 1.29 is 0 Å². The molecule has 0 spiro atoms. The fourth-order valence-corrected chi connectivity index (χ4v) is 5.21. The van der Waals surface area contributed by atoms with Gasteiger partial charge in [0, 0.05) is 30.9 Å². The monoisotopic (exact) mass is 404 g/mol. The molecule has 0 bridgehead atoms. The number of benzene rings is 1. The van der Waals surface area contributed by atoms with Crippen LogP contribution < -0.4 is 0 Å². The molecule has 1 aromatic carbocycles. The third-order valence-electron chi connectivity index (χ3n) is 7.53. The van der Waals surface area contributed by atoms with Gasteiger partial charge < -0.3 is 9.80 Å². The van der Waals surface area contributed by atoms with Crippen LogP contribution in [0.4, 0.5) is 0 Å². The minimum Gasteiger partial charge on any atom is -0.351 e. The number of rotatable bonds is 7. The second kappa shape index (κ2) is 9.14. The summed E-state index contributed by atoms with van der Waals surface area (Å²) in [4.78, 5) is 5.31. The number of piperidine rings is 1. The van der Waals surface area contributed by atoms with Crippen LogP contribution in [0.5, 0.6) is 0 Å². The number of hydrogen-bond acceptors (Lipinski definition) is 2. The average molecular weight is 405 g/mol. The molecule has 0 saturated carbocycles. The summed E-state index contributed by atoms with van der Waals surface area (Å²) in [5, 5.41) is 0. The molecule has 3 aliphatic rings. The highest BCUT2D eigenvalue weighted by molar-refractivity contribution is 5.38. The van der Waals surface area contributed by atoms with E-state index in [0.29, 0.717) is 11.3 Å². The van der Waals surface area contributed by atoms with Crippen molar-refractivity contribution in [2.24, 2.45) is 17.3 Å². The number of nitrogens with zero attached hydrogens (tertiary/aromatic N) is 2. The van der Waals surface area contributed by atoms with Crippen LogP contribution in [0.15, 0.2) is 60.0 Å². The molecule has 30 heavy (non-hydrogen) atoms. The predicted molar refractivity (Wildman–Crippen MR) is 128 cm³/mol. The molecule has 2 nitrogen and oxygen atoms in total. The highest BCUT2D eigenvalue weighted by Crippen LogP contribution is 2.39. The van der Waals surface area contributed by atoms with Crippen molar-refractivity contribution in [3.05, 3.63) is 71.1 Å². The molecule has 4 rings (SSSR count). The Balaban J connectivity index is 1.38. The van der Waals surface area contributed by atoms with Gasteiger partial charge >= 0.3 is 0 Å². The zero-order valence-electron chi connectivity index (χ0n) is 19.5. The molecule has 0 radical (unpaired) electrons. The minimum atomic E-state index is 0.446. The minimum absolute atomic E-state index is 0.446. The fourth-order valence-electron chi connectivity index (χ4n) is 5.21. The standard InChI is InChI=1S/C28H40N2/c1-5-28(3,4)21-29-16-14-24(15-17-29)19-30-20-25(26-8-6-7-9-27(26)30)18-23-12-10-22(2)11-13-23/h6-7,9-13,20,24,26H,5,8,14-19,21H2,1-4H3. The maximum atomic E-state index is 2.70. The highest BCUT2D eigenvalue weighted by Gasteiger charge is 2.32. The Hall–Kier alpha value is -1.80. The van der Waals surface area contributed by atoms with Gasteiger partial charge in [0.05, 0.1) is 0 Å². The van der Waals surface area contributed by atoms with Crippen LogP contribution in [0, 0.1) is 24.2 Å². The topological polar surface area (TPSA) is 6.48 Å². The van der Waals surface area contributed by atoms with Crippen LogP contribution in [-0.4, -0.2) is 36.0 Å². The first-order valence-corrected chi connectivity index (χ1v) is 12.1. The lowest BCUT2D eigenvalue weighted by molar-refractivity contribution is 0.118. The van der Waals surface area contributed by atoms with Crippen molar-refractivity contribution in [3.8, 4) is 0 Å². The number of allylic oxidation sites excluding steroid dienone is 4. The van der Waals surface area contributed by atoms with E-state index >= 15 is 0 Å². The molecule has 162 valence electrons. The first-order chi connectivity index (χ1) is 14.4. The van der Waals surface area contributed by atoms with Gasteiger partial charge in [-0.1, -0.05) is 62.8 Å². The molecule has 2 aliphatic heterocycles. The van der Waals surface area contributed by atoms with E-state index in [1.165, 1.54) is 62.3 Å². The van der Waals surface area contributed by atoms with Gasteiger partial charge in [0.2, 0.25) is 0 Å². The normalized spacial score (nSPS) is 22.8. The Labute approximate surface area is 184 Å². The lowest BCUT2D eigenvalue weighted by Crippen LogP contribution is -2.41. The van der Waals surface area contributed by atoms with Gasteiger partial charge in [-0.05, 0) is 80.7 Å². The third kappa shape index (κ3) is 5.09. The molecule has 0 aromatic heterocycles. The fraction of sp³-hybridized carbons (Fsp3) is 0.571. The van der Waals surface area contributed by atoms with Crippen molar-refractivity contribution >= 4 is 0 Å². The van der Waals surface area contributed by atoms with E-state index in [0.717, 1.165) is 18.8 Å². The van der Waals surface area contributed by atoms with Crippen molar-refractivity contribution in [3.63, 3.8) is 0 Å². The second-order valence-corrected chi connectivity index (χ2v) is 10.6. The first-order valence-electron chi connectivity index (χ1n) is 12.1. The molecule has 2 heterocycles. The molecule has 0 N–H and O–H groups in total. The first kappa shape index (κ1) is 21.4. The lowest BCUT2D eigenvalue weighted by atomic mass is 9.87. The molecule has 2 heteroatoms. The summed E-state index contributed by atoms with van der Waals surface area (Å²) in [6.45, 7) is 14.3. The van der Waals surface area contributed by atoms with E-state index in [-0.39, 0.29) is 0 Å². The molecule has 1 aromatic rings. The van der Waals surface area contributed by atoms with Crippen LogP contribution in [0.3, 0.4) is 0 Å². The van der Waals surface area contributed by atoms with E-state index < -0.39 is 0 Å². The van der Waals surface area contributed by atoms with Crippen molar-refractivity contribution in [2.45, 2.75) is 59.8 Å². The van der Waals surface area contributed by atoms with E-state index in [1.54, 1.807) is 5.57 Å². The van der Waals surface area contributed by atoms with Gasteiger partial charge in [0.1, 0.15) is 0 Å². The Morgan fingerprint density at radius 3 is 2.50 bits per heavy atom. The van der Waals surface area contributed by atoms with Gasteiger partial charge in [0.25, 0.3) is 0 Å². The van der Waals surface area contributed by atoms with Crippen LogP contribution in [0.1, 0.15) is 57.6 Å². The largest absolute Gasteiger partial charge is 0.351 e. The number of likely N-dealkylation sites (tertiary alicyclic amines) is 1. The second-order valence-electron chi connectivity index (χ2n) is 10.6. The molecule has 1 saturated heterocycles. The molecule has 1 fully saturated rings. The van der Waals surface area contributed by atoms with E-state index in [4.69, 9.17) is 0 Å².